The van der Waals surface area contributed by atoms with Gasteiger partial charge in [-0.15, -0.1) is 0 Å². The number of fused-ring (bicyclic) bond motifs is 1. The van der Waals surface area contributed by atoms with Crippen LogP contribution in [0.4, 0.5) is 17.1 Å². The van der Waals surface area contributed by atoms with Crippen molar-refractivity contribution >= 4 is 46.2 Å². The molecule has 5 nitrogen and oxygen atoms in total. The molecule has 1 atom stereocenters. The van der Waals surface area contributed by atoms with Crippen LogP contribution in [0.15, 0.2) is 36.4 Å². The highest BCUT2D eigenvalue weighted by Gasteiger charge is 2.33. The van der Waals surface area contributed by atoms with Crippen LogP contribution in [0.3, 0.4) is 0 Å². The molecule has 0 aliphatic carbocycles. The summed E-state index contributed by atoms with van der Waals surface area (Å²) in [5.74, 6) is 0.00422. The summed E-state index contributed by atoms with van der Waals surface area (Å²) < 4.78 is 0. The molecular formula is C19H20Cl2N4O. The Morgan fingerprint density at radius 3 is 2.62 bits per heavy atom. The van der Waals surface area contributed by atoms with E-state index < -0.39 is 0 Å². The molecule has 2 aromatic rings. The Kier molecular flexibility index (Phi) is 4.59. The quantitative estimate of drug-likeness (QED) is 0.771. The summed E-state index contributed by atoms with van der Waals surface area (Å²) in [6.45, 7) is 3.36. The Morgan fingerprint density at radius 1 is 1.12 bits per heavy atom. The van der Waals surface area contributed by atoms with E-state index in [4.69, 9.17) is 28.9 Å². The number of hydrogen-bond acceptors (Lipinski definition) is 4. The van der Waals surface area contributed by atoms with Crippen molar-refractivity contribution in [3.05, 3.63) is 52.0 Å². The molecule has 2 aliphatic heterocycles. The number of nitrogens with zero attached hydrogens (tertiary/aromatic N) is 2. The fourth-order valence-corrected chi connectivity index (χ4v) is 4.24. The highest BCUT2D eigenvalue weighted by atomic mass is 35.5. The zero-order chi connectivity index (χ0) is 18.3. The van der Waals surface area contributed by atoms with Gasteiger partial charge in [0.2, 0.25) is 5.91 Å². The highest BCUT2D eigenvalue weighted by Crippen LogP contribution is 2.36. The molecule has 26 heavy (non-hydrogen) atoms. The molecule has 0 aromatic heterocycles. The summed E-state index contributed by atoms with van der Waals surface area (Å²) in [6, 6.07) is 11.2. The van der Waals surface area contributed by atoms with Crippen LogP contribution in [0.1, 0.15) is 11.5 Å². The van der Waals surface area contributed by atoms with E-state index in [0.717, 1.165) is 16.9 Å². The molecule has 2 heterocycles. The number of carbonyl (C=O) groups excluding carboxylic acids is 1. The maximum atomic E-state index is 13.0. The van der Waals surface area contributed by atoms with Crippen molar-refractivity contribution in [2.75, 3.05) is 48.7 Å². The summed E-state index contributed by atoms with van der Waals surface area (Å²) in [6.07, 6.45) is 0. The van der Waals surface area contributed by atoms with Gasteiger partial charge in [-0.1, -0.05) is 35.3 Å². The Morgan fingerprint density at radius 2 is 1.88 bits per heavy atom. The first-order valence-corrected chi connectivity index (χ1v) is 9.41. The summed E-state index contributed by atoms with van der Waals surface area (Å²) in [5, 5.41) is 4.61. The fourth-order valence-electron chi connectivity index (χ4n) is 3.76. The topological polar surface area (TPSA) is 61.6 Å². The first kappa shape index (κ1) is 17.3. The number of para-hydroxylation sites is 1. The van der Waals surface area contributed by atoms with Crippen molar-refractivity contribution in [1.29, 1.82) is 0 Å². The van der Waals surface area contributed by atoms with E-state index in [-0.39, 0.29) is 11.8 Å². The van der Waals surface area contributed by atoms with Crippen LogP contribution >= 0.6 is 23.2 Å². The summed E-state index contributed by atoms with van der Waals surface area (Å²) in [4.78, 5) is 17.1. The van der Waals surface area contributed by atoms with Crippen LogP contribution in [0.5, 0.6) is 0 Å². The summed E-state index contributed by atoms with van der Waals surface area (Å²) in [7, 11) is 0. The van der Waals surface area contributed by atoms with Gasteiger partial charge >= 0.3 is 0 Å². The van der Waals surface area contributed by atoms with Crippen molar-refractivity contribution in [3.8, 4) is 0 Å². The molecular weight excluding hydrogens is 371 g/mol. The van der Waals surface area contributed by atoms with Crippen molar-refractivity contribution < 1.29 is 4.79 Å². The molecule has 3 N–H and O–H groups in total. The first-order chi connectivity index (χ1) is 12.5. The van der Waals surface area contributed by atoms with E-state index in [9.17, 15) is 4.79 Å². The maximum Gasteiger partial charge on any atom is 0.232 e. The number of carbonyl (C=O) groups is 1. The monoisotopic (exact) mass is 390 g/mol. The molecule has 1 saturated heterocycles. The minimum absolute atomic E-state index is 0.154. The number of nitrogen functional groups attached to an aromatic ring is 1. The van der Waals surface area contributed by atoms with Gasteiger partial charge in [-0.05, 0) is 29.8 Å². The lowest BCUT2D eigenvalue weighted by Gasteiger charge is -2.38. The zero-order valence-electron chi connectivity index (χ0n) is 14.2. The van der Waals surface area contributed by atoms with E-state index in [1.165, 1.54) is 0 Å². The number of amides is 1. The average Bonchev–Trinajstić information content (AvgIpc) is 3.04. The number of hydrogen-bond donors (Lipinski definition) is 2. The van der Waals surface area contributed by atoms with Gasteiger partial charge in [0.1, 0.15) is 0 Å². The SMILES string of the molecule is Nc1cccc(Cl)c1N1CCN(C(=O)C2CNc3cc(Cl)ccc32)CC1. The third-order valence-corrected chi connectivity index (χ3v) is 5.65. The van der Waals surface area contributed by atoms with E-state index in [1.54, 1.807) is 0 Å². The number of rotatable bonds is 2. The lowest BCUT2D eigenvalue weighted by molar-refractivity contribution is -0.132. The normalized spacial score (nSPS) is 19.2. The maximum absolute atomic E-state index is 13.0. The number of benzene rings is 2. The second-order valence-electron chi connectivity index (χ2n) is 6.66. The van der Waals surface area contributed by atoms with Gasteiger partial charge < -0.3 is 20.9 Å². The van der Waals surface area contributed by atoms with E-state index in [2.05, 4.69) is 10.2 Å². The lowest BCUT2D eigenvalue weighted by Crippen LogP contribution is -2.50. The number of piperazine rings is 1. The molecule has 1 fully saturated rings. The molecule has 0 radical (unpaired) electrons. The highest BCUT2D eigenvalue weighted by molar-refractivity contribution is 6.34. The van der Waals surface area contributed by atoms with Crippen LogP contribution < -0.4 is 16.0 Å². The van der Waals surface area contributed by atoms with Crippen LogP contribution in [-0.4, -0.2) is 43.5 Å². The predicted octanol–water partition coefficient (Wildman–Crippen LogP) is 3.43. The van der Waals surface area contributed by atoms with Crippen LogP contribution in [0.25, 0.3) is 0 Å². The molecule has 7 heteroatoms. The van der Waals surface area contributed by atoms with E-state index in [1.807, 2.05) is 41.3 Å². The molecule has 2 aliphatic rings. The zero-order valence-corrected chi connectivity index (χ0v) is 15.7. The lowest BCUT2D eigenvalue weighted by atomic mass is 9.99. The minimum atomic E-state index is -0.154. The molecule has 1 unspecified atom stereocenters. The summed E-state index contributed by atoms with van der Waals surface area (Å²) in [5.41, 5.74) is 9.60. The smallest absolute Gasteiger partial charge is 0.232 e. The standard InChI is InChI=1S/C19H20Cl2N4O/c20-12-4-5-13-14(11-23-17(13)10-12)19(26)25-8-6-24(7-9-25)18-15(21)2-1-3-16(18)22/h1-5,10,14,23H,6-9,11,22H2. The van der Waals surface area contributed by atoms with Gasteiger partial charge in [0.15, 0.2) is 0 Å². The Hall–Kier alpha value is -2.11. The van der Waals surface area contributed by atoms with Crippen molar-refractivity contribution in [1.82, 2.24) is 4.90 Å². The van der Waals surface area contributed by atoms with Gasteiger partial charge in [-0.25, -0.2) is 0 Å². The van der Waals surface area contributed by atoms with Crippen LogP contribution in [-0.2, 0) is 4.79 Å². The van der Waals surface area contributed by atoms with Crippen molar-refractivity contribution in [2.45, 2.75) is 5.92 Å². The van der Waals surface area contributed by atoms with Gasteiger partial charge in [0.25, 0.3) is 0 Å². The second-order valence-corrected chi connectivity index (χ2v) is 7.50. The molecule has 0 bridgehead atoms. The first-order valence-electron chi connectivity index (χ1n) is 8.65. The van der Waals surface area contributed by atoms with E-state index in [0.29, 0.717) is 48.5 Å². The van der Waals surface area contributed by atoms with Gasteiger partial charge in [0, 0.05) is 43.4 Å². The minimum Gasteiger partial charge on any atom is -0.397 e. The number of nitrogens with two attached hydrogens (primary N) is 1. The third kappa shape index (κ3) is 3.06. The van der Waals surface area contributed by atoms with Gasteiger partial charge in [0.05, 0.1) is 22.3 Å². The number of nitrogens with one attached hydrogen (secondary N) is 1. The second kappa shape index (κ2) is 6.89. The molecule has 0 spiro atoms. The fraction of sp³-hybridized carbons (Fsp3) is 0.316. The molecule has 4 rings (SSSR count). The Labute approximate surface area is 162 Å². The number of anilines is 3. The van der Waals surface area contributed by atoms with Crippen molar-refractivity contribution in [2.24, 2.45) is 0 Å². The average molecular weight is 391 g/mol. The van der Waals surface area contributed by atoms with Gasteiger partial charge in [-0.2, -0.15) is 0 Å². The van der Waals surface area contributed by atoms with Crippen LogP contribution in [0.2, 0.25) is 10.0 Å². The summed E-state index contributed by atoms with van der Waals surface area (Å²) >= 11 is 12.4. The largest absolute Gasteiger partial charge is 0.397 e. The Balaban J connectivity index is 1.45. The molecule has 0 saturated carbocycles. The van der Waals surface area contributed by atoms with Crippen molar-refractivity contribution in [3.63, 3.8) is 0 Å². The van der Waals surface area contributed by atoms with Crippen LogP contribution in [0, 0.1) is 0 Å². The molecule has 2 aromatic carbocycles. The molecule has 136 valence electrons. The third-order valence-electron chi connectivity index (χ3n) is 5.11. The van der Waals surface area contributed by atoms with E-state index >= 15 is 0 Å². The molecule has 1 amide bonds. The van der Waals surface area contributed by atoms with Gasteiger partial charge in [-0.3, -0.25) is 4.79 Å². The predicted molar refractivity (Wildman–Crippen MR) is 107 cm³/mol. The number of halogens is 2. The Bertz CT molecular complexity index is 829.